The van der Waals surface area contributed by atoms with Crippen LogP contribution in [0.4, 0.5) is 0 Å². The normalized spacial score (nSPS) is 32.8. The van der Waals surface area contributed by atoms with E-state index in [0.29, 0.717) is 6.04 Å². The first-order valence-corrected chi connectivity index (χ1v) is 4.10. The van der Waals surface area contributed by atoms with Crippen molar-refractivity contribution in [2.45, 2.75) is 25.0 Å². The number of carbonyl (C=O) groups excluding carboxylic acids is 1. The molecule has 12 heavy (non-hydrogen) atoms. The van der Waals surface area contributed by atoms with Crippen LogP contribution in [0.2, 0.25) is 0 Å². The maximum atomic E-state index is 10.5. The van der Waals surface area contributed by atoms with Crippen LogP contribution < -0.4 is 15.4 Å². The Hall–Kier alpha value is -1.16. The van der Waals surface area contributed by atoms with Gasteiger partial charge in [0.25, 0.3) is 0 Å². The zero-order valence-electron chi connectivity index (χ0n) is 6.62. The van der Waals surface area contributed by atoms with Gasteiger partial charge in [-0.3, -0.25) is 5.32 Å². The van der Waals surface area contributed by atoms with Crippen LogP contribution in [0, 0.1) is 0 Å². The number of hydrogen-bond donors (Lipinski definition) is 2. The lowest BCUT2D eigenvalue weighted by atomic mass is 10.0. The van der Waals surface area contributed by atoms with Gasteiger partial charge in [0, 0.05) is 6.42 Å². The van der Waals surface area contributed by atoms with Gasteiger partial charge in [0.2, 0.25) is 5.71 Å². The van der Waals surface area contributed by atoms with E-state index in [1.165, 1.54) is 0 Å². The molecule has 0 spiro atoms. The molecule has 0 saturated heterocycles. The average molecular weight is 167 g/mol. The zero-order chi connectivity index (χ0) is 8.55. The molecule has 1 aliphatic heterocycles. The molecular weight excluding hydrogens is 156 g/mol. The Labute approximate surface area is 70.0 Å². The quantitative estimate of drug-likeness (QED) is 0.389. The fourth-order valence-electron chi connectivity index (χ4n) is 1.73. The number of nitrogens with one attached hydrogen (secondary N) is 1. The molecular formula is C8H11N2O2+. The van der Waals surface area contributed by atoms with Crippen LogP contribution in [0.15, 0.2) is 12.2 Å². The number of carboxylic acids is 1. The van der Waals surface area contributed by atoms with Gasteiger partial charge >= 0.3 is 6.17 Å². The highest BCUT2D eigenvalue weighted by Gasteiger charge is 2.38. The second kappa shape index (κ2) is 2.71. The van der Waals surface area contributed by atoms with Crippen molar-refractivity contribution < 1.29 is 20.2 Å². The second-order valence-corrected chi connectivity index (χ2v) is 3.18. The molecule has 2 rings (SSSR count). The SMILES string of the molecule is O=C([O-])[C@@H]1[NH+]=C2CC=CC[C@H]2[NH2+]1. The molecule has 2 aliphatic rings. The molecule has 1 aliphatic carbocycles. The maximum absolute atomic E-state index is 10.5. The Balaban J connectivity index is 2.14. The fourth-order valence-corrected chi connectivity index (χ4v) is 1.73. The Morgan fingerprint density at radius 2 is 2.50 bits per heavy atom. The summed E-state index contributed by atoms with van der Waals surface area (Å²) in [6.07, 6.45) is 5.34. The van der Waals surface area contributed by atoms with Gasteiger partial charge in [-0.05, 0) is 0 Å². The van der Waals surface area contributed by atoms with Crippen LogP contribution in [0.1, 0.15) is 12.8 Å². The van der Waals surface area contributed by atoms with Crippen molar-refractivity contribution in [3.63, 3.8) is 0 Å². The molecule has 64 valence electrons. The van der Waals surface area contributed by atoms with E-state index < -0.39 is 12.1 Å². The topological polar surface area (TPSA) is 70.7 Å². The molecule has 4 nitrogen and oxygen atoms in total. The largest absolute Gasteiger partial charge is 0.539 e. The highest BCUT2D eigenvalue weighted by Crippen LogP contribution is 2.03. The lowest BCUT2D eigenvalue weighted by molar-refractivity contribution is -0.804. The van der Waals surface area contributed by atoms with E-state index in [9.17, 15) is 9.90 Å². The Kier molecular flexibility index (Phi) is 1.69. The van der Waals surface area contributed by atoms with Gasteiger partial charge in [-0.2, -0.15) is 4.99 Å². The Bertz CT molecular complexity index is 270. The molecule has 0 aromatic rings. The molecule has 0 aromatic carbocycles. The van der Waals surface area contributed by atoms with Crippen LogP contribution in [0.25, 0.3) is 0 Å². The summed E-state index contributed by atoms with van der Waals surface area (Å²) >= 11 is 0. The number of rotatable bonds is 1. The zero-order valence-corrected chi connectivity index (χ0v) is 6.62. The summed E-state index contributed by atoms with van der Waals surface area (Å²) in [7, 11) is 0. The van der Waals surface area contributed by atoms with Gasteiger partial charge in [-0.1, -0.05) is 12.2 Å². The molecule has 3 N–H and O–H groups in total. The van der Waals surface area contributed by atoms with Crippen LogP contribution in [0.5, 0.6) is 0 Å². The van der Waals surface area contributed by atoms with E-state index in [1.54, 1.807) is 0 Å². The average Bonchev–Trinajstić information content (AvgIpc) is 2.46. The first-order chi connectivity index (χ1) is 5.77. The lowest BCUT2D eigenvalue weighted by Gasteiger charge is -2.07. The number of nitrogens with two attached hydrogens (primary N) is 1. The van der Waals surface area contributed by atoms with Gasteiger partial charge in [0.15, 0.2) is 12.0 Å². The minimum atomic E-state index is -1.03. The van der Waals surface area contributed by atoms with Crippen molar-refractivity contribution >= 4 is 11.7 Å². The van der Waals surface area contributed by atoms with E-state index in [4.69, 9.17) is 0 Å². The van der Waals surface area contributed by atoms with Crippen molar-refractivity contribution in [3.05, 3.63) is 12.2 Å². The van der Waals surface area contributed by atoms with E-state index >= 15 is 0 Å². The third-order valence-electron chi connectivity index (χ3n) is 2.36. The van der Waals surface area contributed by atoms with Crippen molar-refractivity contribution in [2.24, 2.45) is 0 Å². The minimum absolute atomic E-state index is 0.304. The van der Waals surface area contributed by atoms with Gasteiger partial charge < -0.3 is 9.90 Å². The summed E-state index contributed by atoms with van der Waals surface area (Å²) in [5.74, 6) is -1.03. The highest BCUT2D eigenvalue weighted by molar-refractivity contribution is 5.87. The Morgan fingerprint density at radius 3 is 3.17 bits per heavy atom. The molecule has 1 heterocycles. The monoisotopic (exact) mass is 167 g/mol. The fraction of sp³-hybridized carbons (Fsp3) is 0.500. The molecule has 0 amide bonds. The number of allylic oxidation sites excluding steroid dienone is 1. The number of hydrogen-bond acceptors (Lipinski definition) is 2. The second-order valence-electron chi connectivity index (χ2n) is 3.18. The van der Waals surface area contributed by atoms with Gasteiger partial charge in [0.05, 0.1) is 6.42 Å². The number of carbonyl (C=O) groups is 1. The number of aliphatic carboxylic acids is 1. The summed E-state index contributed by atoms with van der Waals surface area (Å²) < 4.78 is 0. The Morgan fingerprint density at radius 1 is 1.67 bits per heavy atom. The van der Waals surface area contributed by atoms with Crippen LogP contribution in [-0.2, 0) is 4.79 Å². The predicted molar refractivity (Wildman–Crippen MR) is 38.9 cm³/mol. The summed E-state index contributed by atoms with van der Waals surface area (Å²) in [5.41, 5.74) is 1.12. The molecule has 2 atom stereocenters. The van der Waals surface area contributed by atoms with E-state index in [-0.39, 0.29) is 0 Å². The summed E-state index contributed by atoms with van der Waals surface area (Å²) in [4.78, 5) is 13.4. The van der Waals surface area contributed by atoms with Crippen molar-refractivity contribution in [1.29, 1.82) is 0 Å². The molecule has 0 saturated carbocycles. The maximum Gasteiger partial charge on any atom is 0.317 e. The van der Waals surface area contributed by atoms with Crippen molar-refractivity contribution in [2.75, 3.05) is 0 Å². The smallest absolute Gasteiger partial charge is 0.317 e. The van der Waals surface area contributed by atoms with Crippen molar-refractivity contribution in [3.8, 4) is 0 Å². The van der Waals surface area contributed by atoms with Crippen LogP contribution in [0.3, 0.4) is 0 Å². The number of fused-ring (bicyclic) bond motifs is 1. The molecule has 0 radical (unpaired) electrons. The first-order valence-electron chi connectivity index (χ1n) is 4.10. The van der Waals surface area contributed by atoms with Crippen molar-refractivity contribution in [1.82, 2.24) is 0 Å². The van der Waals surface area contributed by atoms with Gasteiger partial charge in [0.1, 0.15) is 0 Å². The third-order valence-corrected chi connectivity index (χ3v) is 2.36. The van der Waals surface area contributed by atoms with Gasteiger partial charge in [-0.25, -0.2) is 0 Å². The molecule has 0 unspecified atom stereocenters. The standard InChI is InChI=1S/C8H10N2O2/c11-8(12)7-9-5-3-1-2-4-6(5)10-7/h1-2,5,7,9H,3-4H2,(H,11,12)/p+1/t5-,7+/m1/s1. The van der Waals surface area contributed by atoms with Crippen LogP contribution >= 0.6 is 0 Å². The molecule has 0 bridgehead atoms. The predicted octanol–water partition coefficient (Wildman–Crippen LogP) is -4.12. The summed E-state index contributed by atoms with van der Waals surface area (Å²) in [6.45, 7) is 0. The number of carboxylic acid groups (broad SMARTS) is 1. The molecule has 0 aromatic heterocycles. The van der Waals surface area contributed by atoms with E-state index in [2.05, 4.69) is 17.1 Å². The highest BCUT2D eigenvalue weighted by atomic mass is 16.4. The summed E-state index contributed by atoms with van der Waals surface area (Å²) in [5, 5.41) is 12.3. The molecule has 0 fully saturated rings. The minimum Gasteiger partial charge on any atom is -0.539 e. The van der Waals surface area contributed by atoms with E-state index in [1.807, 2.05) is 5.32 Å². The van der Waals surface area contributed by atoms with Crippen LogP contribution in [-0.4, -0.2) is 23.9 Å². The first kappa shape index (κ1) is 7.49. The lowest BCUT2D eigenvalue weighted by Crippen LogP contribution is -3.05. The third kappa shape index (κ3) is 1.14. The number of quaternary nitrogens is 1. The van der Waals surface area contributed by atoms with E-state index in [0.717, 1.165) is 18.6 Å². The van der Waals surface area contributed by atoms with Gasteiger partial charge in [-0.15, -0.1) is 0 Å². The molecule has 4 heteroatoms. The summed E-state index contributed by atoms with van der Waals surface area (Å²) in [6, 6.07) is 0.304.